The number of hydrogen-bond donors (Lipinski definition) is 1. The topological polar surface area (TPSA) is 54.5 Å². The first kappa shape index (κ1) is 16.0. The standard InChI is InChI=1S/C17H18BrN3O2/c18-13-4-6-14(7-5-13)23-16-15(3-1-9-20-16)17(22)21-11-2-8-19-10-12-21/h1,3-7,9,19H,2,8,10-12H2. The van der Waals surface area contributed by atoms with Crippen LogP contribution in [0.2, 0.25) is 0 Å². The van der Waals surface area contributed by atoms with Gasteiger partial charge in [-0.1, -0.05) is 15.9 Å². The van der Waals surface area contributed by atoms with Gasteiger partial charge in [0.1, 0.15) is 11.3 Å². The summed E-state index contributed by atoms with van der Waals surface area (Å²) in [6, 6.07) is 11.0. The fourth-order valence-corrected chi connectivity index (χ4v) is 2.73. The van der Waals surface area contributed by atoms with Gasteiger partial charge in [0.05, 0.1) is 0 Å². The molecule has 1 fully saturated rings. The Kier molecular flexibility index (Phi) is 5.25. The van der Waals surface area contributed by atoms with Gasteiger partial charge in [-0.3, -0.25) is 4.79 Å². The van der Waals surface area contributed by atoms with Crippen molar-refractivity contribution in [2.24, 2.45) is 0 Å². The van der Waals surface area contributed by atoms with Gasteiger partial charge in [-0.05, 0) is 49.4 Å². The van der Waals surface area contributed by atoms with E-state index in [1.807, 2.05) is 29.2 Å². The molecule has 1 aromatic carbocycles. The summed E-state index contributed by atoms with van der Waals surface area (Å²) in [4.78, 5) is 18.9. The summed E-state index contributed by atoms with van der Waals surface area (Å²) in [5, 5.41) is 3.30. The molecule has 0 aliphatic carbocycles. The number of benzene rings is 1. The van der Waals surface area contributed by atoms with E-state index >= 15 is 0 Å². The van der Waals surface area contributed by atoms with Crippen molar-refractivity contribution in [1.82, 2.24) is 15.2 Å². The van der Waals surface area contributed by atoms with Gasteiger partial charge < -0.3 is 15.0 Å². The largest absolute Gasteiger partial charge is 0.438 e. The maximum Gasteiger partial charge on any atom is 0.259 e. The Morgan fingerprint density at radius 2 is 2.00 bits per heavy atom. The number of halogens is 1. The second kappa shape index (κ2) is 7.57. The van der Waals surface area contributed by atoms with Crippen LogP contribution in [0, 0.1) is 0 Å². The Morgan fingerprint density at radius 1 is 1.17 bits per heavy atom. The number of amides is 1. The lowest BCUT2D eigenvalue weighted by atomic mass is 10.2. The van der Waals surface area contributed by atoms with Gasteiger partial charge in [-0.25, -0.2) is 4.98 Å². The number of hydrogen-bond acceptors (Lipinski definition) is 4. The number of aromatic nitrogens is 1. The third kappa shape index (κ3) is 4.09. The molecule has 6 heteroatoms. The SMILES string of the molecule is O=C(c1cccnc1Oc1ccc(Br)cc1)N1CCCNCC1. The first-order valence-corrected chi connectivity index (χ1v) is 8.42. The Bertz CT molecular complexity index is 668. The molecule has 1 N–H and O–H groups in total. The lowest BCUT2D eigenvalue weighted by Crippen LogP contribution is -2.34. The highest BCUT2D eigenvalue weighted by Crippen LogP contribution is 2.25. The lowest BCUT2D eigenvalue weighted by molar-refractivity contribution is 0.0763. The summed E-state index contributed by atoms with van der Waals surface area (Å²) in [5.74, 6) is 0.962. The third-order valence-corrected chi connectivity index (χ3v) is 4.19. The maximum atomic E-state index is 12.8. The zero-order valence-electron chi connectivity index (χ0n) is 12.7. The van der Waals surface area contributed by atoms with Gasteiger partial charge in [0, 0.05) is 30.3 Å². The van der Waals surface area contributed by atoms with Gasteiger partial charge >= 0.3 is 0 Å². The molecule has 0 atom stereocenters. The predicted octanol–water partition coefficient (Wildman–Crippen LogP) is 3.07. The maximum absolute atomic E-state index is 12.8. The summed E-state index contributed by atoms with van der Waals surface area (Å²) >= 11 is 3.39. The van der Waals surface area contributed by atoms with Gasteiger partial charge in [-0.15, -0.1) is 0 Å². The molecule has 1 saturated heterocycles. The zero-order chi connectivity index (χ0) is 16.1. The molecule has 1 amide bonds. The number of nitrogens with one attached hydrogen (secondary N) is 1. The fraction of sp³-hybridized carbons (Fsp3) is 0.294. The highest BCUT2D eigenvalue weighted by molar-refractivity contribution is 9.10. The first-order valence-electron chi connectivity index (χ1n) is 7.62. The Balaban J connectivity index is 1.82. The van der Waals surface area contributed by atoms with Crippen LogP contribution < -0.4 is 10.1 Å². The van der Waals surface area contributed by atoms with Crippen LogP contribution in [0.5, 0.6) is 11.6 Å². The van der Waals surface area contributed by atoms with Crippen LogP contribution in [0.15, 0.2) is 47.1 Å². The molecule has 1 aliphatic heterocycles. The lowest BCUT2D eigenvalue weighted by Gasteiger charge is -2.21. The zero-order valence-corrected chi connectivity index (χ0v) is 14.3. The van der Waals surface area contributed by atoms with Crippen molar-refractivity contribution in [2.45, 2.75) is 6.42 Å². The van der Waals surface area contributed by atoms with Crippen molar-refractivity contribution >= 4 is 21.8 Å². The summed E-state index contributed by atoms with van der Waals surface area (Å²) < 4.78 is 6.78. The van der Waals surface area contributed by atoms with E-state index in [-0.39, 0.29) is 5.91 Å². The van der Waals surface area contributed by atoms with Crippen LogP contribution in [0.4, 0.5) is 0 Å². The second-order valence-corrected chi connectivity index (χ2v) is 6.22. The number of carbonyl (C=O) groups excluding carboxylic acids is 1. The Hall–Kier alpha value is -1.92. The van der Waals surface area contributed by atoms with Crippen LogP contribution in [0.25, 0.3) is 0 Å². The number of carbonyl (C=O) groups is 1. The van der Waals surface area contributed by atoms with Crippen molar-refractivity contribution in [1.29, 1.82) is 0 Å². The Morgan fingerprint density at radius 3 is 2.83 bits per heavy atom. The molecule has 3 rings (SSSR count). The molecule has 2 heterocycles. The van der Waals surface area contributed by atoms with E-state index in [0.29, 0.717) is 23.7 Å². The molecular weight excluding hydrogens is 358 g/mol. The van der Waals surface area contributed by atoms with Crippen molar-refractivity contribution in [2.75, 3.05) is 26.2 Å². The van der Waals surface area contributed by atoms with E-state index < -0.39 is 0 Å². The van der Waals surface area contributed by atoms with Crippen molar-refractivity contribution in [3.8, 4) is 11.6 Å². The van der Waals surface area contributed by atoms with Crippen molar-refractivity contribution in [3.63, 3.8) is 0 Å². The third-order valence-electron chi connectivity index (χ3n) is 3.66. The van der Waals surface area contributed by atoms with Crippen LogP contribution in [-0.2, 0) is 0 Å². The van der Waals surface area contributed by atoms with Crippen LogP contribution in [0.3, 0.4) is 0 Å². The average Bonchev–Trinajstić information content (AvgIpc) is 2.86. The summed E-state index contributed by atoms with van der Waals surface area (Å²) in [7, 11) is 0. The van der Waals surface area contributed by atoms with Crippen molar-refractivity contribution in [3.05, 3.63) is 52.6 Å². The second-order valence-electron chi connectivity index (χ2n) is 5.31. The highest BCUT2D eigenvalue weighted by atomic mass is 79.9. The van der Waals surface area contributed by atoms with Crippen molar-refractivity contribution < 1.29 is 9.53 Å². The monoisotopic (exact) mass is 375 g/mol. The van der Waals surface area contributed by atoms with Gasteiger partial charge in [-0.2, -0.15) is 0 Å². The Labute approximate surface area is 143 Å². The summed E-state index contributed by atoms with van der Waals surface area (Å²) in [6.45, 7) is 3.21. The summed E-state index contributed by atoms with van der Waals surface area (Å²) in [5.41, 5.74) is 0.498. The first-order chi connectivity index (χ1) is 11.2. The highest BCUT2D eigenvalue weighted by Gasteiger charge is 2.21. The van der Waals surface area contributed by atoms with Gasteiger partial charge in [0.15, 0.2) is 0 Å². The molecule has 0 unspecified atom stereocenters. The van der Waals surface area contributed by atoms with E-state index in [9.17, 15) is 4.79 Å². The number of ether oxygens (including phenoxy) is 1. The molecular formula is C17H18BrN3O2. The van der Waals surface area contributed by atoms with Gasteiger partial charge in [0.25, 0.3) is 5.91 Å². The van der Waals surface area contributed by atoms with Crippen LogP contribution in [0.1, 0.15) is 16.8 Å². The molecule has 0 spiro atoms. The molecule has 1 aromatic heterocycles. The molecule has 0 bridgehead atoms. The molecule has 1 aliphatic rings. The van der Waals surface area contributed by atoms with Gasteiger partial charge in [0.2, 0.25) is 5.88 Å². The predicted molar refractivity (Wildman–Crippen MR) is 91.8 cm³/mol. The fourth-order valence-electron chi connectivity index (χ4n) is 2.47. The molecule has 0 radical (unpaired) electrons. The number of pyridine rings is 1. The smallest absolute Gasteiger partial charge is 0.259 e. The molecule has 120 valence electrons. The molecule has 2 aromatic rings. The van der Waals surface area contributed by atoms with Crippen LogP contribution >= 0.6 is 15.9 Å². The van der Waals surface area contributed by atoms with E-state index in [1.165, 1.54) is 0 Å². The summed E-state index contributed by atoms with van der Waals surface area (Å²) in [6.07, 6.45) is 2.59. The van der Waals surface area contributed by atoms with E-state index in [1.54, 1.807) is 18.3 Å². The molecule has 23 heavy (non-hydrogen) atoms. The quantitative estimate of drug-likeness (QED) is 0.895. The molecule has 0 saturated carbocycles. The minimum Gasteiger partial charge on any atom is -0.438 e. The minimum absolute atomic E-state index is 0.0334. The van der Waals surface area contributed by atoms with Crippen LogP contribution in [-0.4, -0.2) is 42.0 Å². The van der Waals surface area contributed by atoms with E-state index in [2.05, 4.69) is 26.2 Å². The molecule has 5 nitrogen and oxygen atoms in total. The minimum atomic E-state index is -0.0334. The number of nitrogens with zero attached hydrogens (tertiary/aromatic N) is 2. The average molecular weight is 376 g/mol. The van der Waals surface area contributed by atoms with E-state index in [4.69, 9.17) is 4.74 Å². The number of rotatable bonds is 3. The normalized spacial score (nSPS) is 15.1. The van der Waals surface area contributed by atoms with E-state index in [0.717, 1.165) is 30.5 Å².